The van der Waals surface area contributed by atoms with Gasteiger partial charge in [0.05, 0.1) is 6.04 Å². The van der Waals surface area contributed by atoms with Gasteiger partial charge >= 0.3 is 0 Å². The molecule has 3 rings (SSSR count). The zero-order valence-electron chi connectivity index (χ0n) is 14.4. The highest BCUT2D eigenvalue weighted by Crippen LogP contribution is 2.18. The molecule has 2 aromatic carbocycles. The number of nitrogens with one attached hydrogen (secondary N) is 2. The number of rotatable bonds is 6. The molecule has 2 N–H and O–H groups in total. The molecular formula is C21H20BrN3O. The number of carbonyl (C=O) groups is 1. The van der Waals surface area contributed by atoms with Crippen LogP contribution in [0.15, 0.2) is 77.5 Å². The van der Waals surface area contributed by atoms with Gasteiger partial charge in [-0.05, 0) is 54.4 Å². The molecule has 1 amide bonds. The number of nitrogens with zero attached hydrogens (tertiary/aromatic N) is 1. The third-order valence-electron chi connectivity index (χ3n) is 4.12. The van der Waals surface area contributed by atoms with Gasteiger partial charge in [-0.15, -0.1) is 0 Å². The molecule has 0 radical (unpaired) electrons. The second kappa shape index (κ2) is 8.63. The van der Waals surface area contributed by atoms with Crippen molar-refractivity contribution in [2.45, 2.75) is 19.5 Å². The Morgan fingerprint density at radius 2 is 1.85 bits per heavy atom. The van der Waals surface area contributed by atoms with Gasteiger partial charge in [-0.1, -0.05) is 40.2 Å². The van der Waals surface area contributed by atoms with Crippen LogP contribution in [-0.2, 0) is 6.54 Å². The van der Waals surface area contributed by atoms with Gasteiger partial charge in [0.1, 0.15) is 0 Å². The number of carbonyl (C=O) groups excluding carboxylic acids is 1. The largest absolute Gasteiger partial charge is 0.381 e. The molecule has 1 aromatic heterocycles. The van der Waals surface area contributed by atoms with E-state index in [1.54, 1.807) is 12.4 Å². The number of pyridine rings is 1. The molecule has 1 unspecified atom stereocenters. The van der Waals surface area contributed by atoms with E-state index in [1.807, 2.05) is 61.5 Å². The minimum absolute atomic E-state index is 0.0931. The van der Waals surface area contributed by atoms with Gasteiger partial charge in [0.2, 0.25) is 0 Å². The summed E-state index contributed by atoms with van der Waals surface area (Å²) < 4.78 is 1.08. The van der Waals surface area contributed by atoms with Crippen LogP contribution in [0.2, 0.25) is 0 Å². The molecule has 0 aliphatic heterocycles. The number of amides is 1. The topological polar surface area (TPSA) is 54.0 Å². The highest BCUT2D eigenvalue weighted by Gasteiger charge is 2.11. The highest BCUT2D eigenvalue weighted by atomic mass is 79.9. The summed E-state index contributed by atoms with van der Waals surface area (Å²) in [5.74, 6) is -0.0984. The molecule has 0 saturated heterocycles. The lowest BCUT2D eigenvalue weighted by molar-refractivity contribution is 0.0940. The molecule has 26 heavy (non-hydrogen) atoms. The Balaban J connectivity index is 1.58. The van der Waals surface area contributed by atoms with Gasteiger partial charge in [-0.2, -0.15) is 0 Å². The van der Waals surface area contributed by atoms with E-state index < -0.39 is 0 Å². The van der Waals surface area contributed by atoms with Crippen molar-refractivity contribution in [2.75, 3.05) is 5.32 Å². The predicted octanol–water partition coefficient (Wildman–Crippen LogP) is 4.95. The van der Waals surface area contributed by atoms with Gasteiger partial charge in [-0.25, -0.2) is 0 Å². The molecule has 0 aliphatic carbocycles. The SMILES string of the molecule is CC(NC(=O)c1ccc(NCc2ccccc2Br)cc1)c1cccnc1. The minimum atomic E-state index is -0.0984. The third kappa shape index (κ3) is 4.70. The normalized spacial score (nSPS) is 11.6. The number of aromatic nitrogens is 1. The second-order valence-electron chi connectivity index (χ2n) is 6.00. The van der Waals surface area contributed by atoms with Crippen molar-refractivity contribution in [1.29, 1.82) is 0 Å². The van der Waals surface area contributed by atoms with E-state index in [0.29, 0.717) is 12.1 Å². The molecular weight excluding hydrogens is 390 g/mol. The summed E-state index contributed by atoms with van der Waals surface area (Å²) in [7, 11) is 0. The van der Waals surface area contributed by atoms with Crippen LogP contribution in [0, 0.1) is 0 Å². The molecule has 4 nitrogen and oxygen atoms in total. The van der Waals surface area contributed by atoms with E-state index in [4.69, 9.17) is 0 Å². The van der Waals surface area contributed by atoms with E-state index in [0.717, 1.165) is 15.7 Å². The number of anilines is 1. The maximum Gasteiger partial charge on any atom is 0.251 e. The molecule has 1 atom stereocenters. The molecule has 0 fully saturated rings. The summed E-state index contributed by atoms with van der Waals surface area (Å²) in [6, 6.07) is 19.3. The predicted molar refractivity (Wildman–Crippen MR) is 108 cm³/mol. The smallest absolute Gasteiger partial charge is 0.251 e. The number of halogens is 1. The van der Waals surface area contributed by atoms with Crippen LogP contribution in [0.1, 0.15) is 34.5 Å². The van der Waals surface area contributed by atoms with Gasteiger partial charge in [0.15, 0.2) is 0 Å². The average molecular weight is 410 g/mol. The number of benzene rings is 2. The maximum absolute atomic E-state index is 12.4. The first-order valence-electron chi connectivity index (χ1n) is 8.41. The third-order valence-corrected chi connectivity index (χ3v) is 4.89. The molecule has 132 valence electrons. The van der Waals surface area contributed by atoms with Crippen LogP contribution < -0.4 is 10.6 Å². The zero-order valence-corrected chi connectivity index (χ0v) is 16.0. The second-order valence-corrected chi connectivity index (χ2v) is 6.86. The Hall–Kier alpha value is -2.66. The van der Waals surface area contributed by atoms with Gasteiger partial charge in [-0.3, -0.25) is 9.78 Å². The van der Waals surface area contributed by atoms with Crippen LogP contribution in [0.25, 0.3) is 0 Å². The average Bonchev–Trinajstić information content (AvgIpc) is 2.68. The van der Waals surface area contributed by atoms with Crippen molar-refractivity contribution in [3.8, 4) is 0 Å². The minimum Gasteiger partial charge on any atom is -0.381 e. The fourth-order valence-electron chi connectivity index (χ4n) is 2.57. The van der Waals surface area contributed by atoms with Crippen molar-refractivity contribution >= 4 is 27.5 Å². The van der Waals surface area contributed by atoms with Crippen molar-refractivity contribution in [2.24, 2.45) is 0 Å². The standard InChI is InChI=1S/C21H20BrN3O/c1-15(17-6-4-12-23-13-17)25-21(26)16-8-10-19(11-9-16)24-14-18-5-2-3-7-20(18)22/h2-13,15,24H,14H2,1H3,(H,25,26). The van der Waals surface area contributed by atoms with Crippen LogP contribution >= 0.6 is 15.9 Å². The first-order chi connectivity index (χ1) is 12.6. The lowest BCUT2D eigenvalue weighted by atomic mass is 10.1. The molecule has 3 aromatic rings. The molecule has 0 bridgehead atoms. The van der Waals surface area contributed by atoms with Crippen LogP contribution in [0.4, 0.5) is 5.69 Å². The molecule has 0 aliphatic rings. The summed E-state index contributed by atoms with van der Waals surface area (Å²) in [4.78, 5) is 16.5. The van der Waals surface area contributed by atoms with Crippen LogP contribution in [0.5, 0.6) is 0 Å². The maximum atomic E-state index is 12.4. The lowest BCUT2D eigenvalue weighted by Crippen LogP contribution is -2.26. The van der Waals surface area contributed by atoms with Gasteiger partial charge < -0.3 is 10.6 Å². The molecule has 0 spiro atoms. The molecule has 1 heterocycles. The van der Waals surface area contributed by atoms with E-state index in [-0.39, 0.29) is 11.9 Å². The Labute approximate surface area is 161 Å². The Morgan fingerprint density at radius 1 is 1.08 bits per heavy atom. The van der Waals surface area contributed by atoms with Crippen molar-refractivity contribution < 1.29 is 4.79 Å². The summed E-state index contributed by atoms with van der Waals surface area (Å²) >= 11 is 3.55. The Morgan fingerprint density at radius 3 is 2.54 bits per heavy atom. The summed E-state index contributed by atoms with van der Waals surface area (Å²) in [6.07, 6.45) is 3.48. The van der Waals surface area contributed by atoms with Crippen LogP contribution in [-0.4, -0.2) is 10.9 Å². The van der Waals surface area contributed by atoms with E-state index >= 15 is 0 Å². The van der Waals surface area contributed by atoms with E-state index in [1.165, 1.54) is 5.56 Å². The lowest BCUT2D eigenvalue weighted by Gasteiger charge is -2.14. The fraction of sp³-hybridized carbons (Fsp3) is 0.143. The number of hydrogen-bond donors (Lipinski definition) is 2. The Kier molecular flexibility index (Phi) is 6.02. The summed E-state index contributed by atoms with van der Waals surface area (Å²) in [5.41, 5.74) is 3.76. The van der Waals surface area contributed by atoms with Gasteiger partial charge in [0, 0.05) is 34.7 Å². The van der Waals surface area contributed by atoms with Crippen molar-refractivity contribution in [3.05, 3.63) is 94.2 Å². The van der Waals surface area contributed by atoms with E-state index in [9.17, 15) is 4.79 Å². The van der Waals surface area contributed by atoms with Crippen molar-refractivity contribution in [3.63, 3.8) is 0 Å². The van der Waals surface area contributed by atoms with Crippen LogP contribution in [0.3, 0.4) is 0 Å². The van der Waals surface area contributed by atoms with E-state index in [2.05, 4.69) is 37.6 Å². The summed E-state index contributed by atoms with van der Waals surface area (Å²) in [6.45, 7) is 2.66. The van der Waals surface area contributed by atoms with Crippen molar-refractivity contribution in [1.82, 2.24) is 10.3 Å². The quantitative estimate of drug-likeness (QED) is 0.605. The summed E-state index contributed by atoms with van der Waals surface area (Å²) in [5, 5.41) is 6.36. The monoisotopic (exact) mass is 409 g/mol. The fourth-order valence-corrected chi connectivity index (χ4v) is 3.00. The first-order valence-corrected chi connectivity index (χ1v) is 9.21. The molecule has 0 saturated carbocycles. The van der Waals surface area contributed by atoms with Gasteiger partial charge in [0.25, 0.3) is 5.91 Å². The molecule has 5 heteroatoms. The zero-order chi connectivity index (χ0) is 18.4. The number of hydrogen-bond acceptors (Lipinski definition) is 3. The highest BCUT2D eigenvalue weighted by molar-refractivity contribution is 9.10. The first kappa shape index (κ1) is 18.1. The Bertz CT molecular complexity index is 866.